The van der Waals surface area contributed by atoms with E-state index in [1.807, 2.05) is 6.92 Å². The molecule has 6 heteroatoms. The molecular weight excluding hydrogens is 242 g/mol. The number of imidazole rings is 1. The lowest BCUT2D eigenvalue weighted by atomic mass is 10.3. The second-order valence-electron chi connectivity index (χ2n) is 3.96. The van der Waals surface area contributed by atoms with Crippen LogP contribution >= 0.6 is 0 Å². The maximum atomic E-state index is 11.9. The molecule has 1 amide bonds. The number of carbonyl (C=O) groups excluding carboxylic acids is 1. The number of nitrogens with zero attached hydrogens (tertiary/aromatic N) is 3. The zero-order chi connectivity index (χ0) is 13.8. The SMILES string of the molecule is C=Cc1nc(C)n(CC(=O)Nc2cn[nH]c2)c1C=C. The highest BCUT2D eigenvalue weighted by atomic mass is 16.1. The van der Waals surface area contributed by atoms with Gasteiger partial charge in [-0.2, -0.15) is 5.10 Å². The van der Waals surface area contributed by atoms with Crippen molar-refractivity contribution in [3.8, 4) is 0 Å². The third-order valence-corrected chi connectivity index (χ3v) is 2.70. The van der Waals surface area contributed by atoms with Gasteiger partial charge in [-0.3, -0.25) is 9.89 Å². The van der Waals surface area contributed by atoms with Crippen molar-refractivity contribution in [2.75, 3.05) is 5.32 Å². The van der Waals surface area contributed by atoms with Gasteiger partial charge in [-0.1, -0.05) is 13.2 Å². The fraction of sp³-hybridized carbons (Fsp3) is 0.154. The van der Waals surface area contributed by atoms with Crippen LogP contribution in [-0.4, -0.2) is 25.7 Å². The predicted octanol–water partition coefficient (Wildman–Crippen LogP) is 1.84. The second-order valence-corrected chi connectivity index (χ2v) is 3.96. The van der Waals surface area contributed by atoms with E-state index in [1.54, 1.807) is 29.1 Å². The molecule has 98 valence electrons. The molecule has 0 spiro atoms. The largest absolute Gasteiger partial charge is 0.322 e. The van der Waals surface area contributed by atoms with E-state index in [0.717, 1.165) is 17.2 Å². The Bertz CT molecular complexity index is 609. The lowest BCUT2D eigenvalue weighted by Crippen LogP contribution is -2.20. The Hall–Kier alpha value is -2.63. The molecule has 0 atom stereocenters. The lowest BCUT2D eigenvalue weighted by Gasteiger charge is -2.08. The Kier molecular flexibility index (Phi) is 3.61. The van der Waals surface area contributed by atoms with Crippen molar-refractivity contribution in [1.29, 1.82) is 0 Å². The Morgan fingerprint density at radius 2 is 2.32 bits per heavy atom. The van der Waals surface area contributed by atoms with Crippen molar-refractivity contribution in [2.24, 2.45) is 0 Å². The van der Waals surface area contributed by atoms with Crippen LogP contribution in [0.3, 0.4) is 0 Å². The van der Waals surface area contributed by atoms with Gasteiger partial charge in [0.25, 0.3) is 0 Å². The summed E-state index contributed by atoms with van der Waals surface area (Å²) < 4.78 is 1.79. The molecule has 2 rings (SSSR count). The van der Waals surface area contributed by atoms with Gasteiger partial charge < -0.3 is 9.88 Å². The highest BCUT2D eigenvalue weighted by Gasteiger charge is 2.13. The summed E-state index contributed by atoms with van der Waals surface area (Å²) >= 11 is 0. The number of rotatable bonds is 5. The van der Waals surface area contributed by atoms with Crippen molar-refractivity contribution in [3.05, 3.63) is 42.8 Å². The van der Waals surface area contributed by atoms with E-state index in [4.69, 9.17) is 0 Å². The molecule has 0 aliphatic heterocycles. The van der Waals surface area contributed by atoms with Crippen LogP contribution < -0.4 is 5.32 Å². The molecule has 0 bridgehead atoms. The first-order chi connectivity index (χ1) is 9.15. The number of hydrogen-bond donors (Lipinski definition) is 2. The van der Waals surface area contributed by atoms with Gasteiger partial charge in [0, 0.05) is 6.20 Å². The van der Waals surface area contributed by atoms with E-state index in [-0.39, 0.29) is 12.5 Å². The maximum absolute atomic E-state index is 11.9. The predicted molar refractivity (Wildman–Crippen MR) is 74.4 cm³/mol. The fourth-order valence-corrected chi connectivity index (χ4v) is 1.83. The normalized spacial score (nSPS) is 10.2. The number of carbonyl (C=O) groups is 1. The smallest absolute Gasteiger partial charge is 0.244 e. The average molecular weight is 257 g/mol. The van der Waals surface area contributed by atoms with E-state index in [0.29, 0.717) is 5.69 Å². The average Bonchev–Trinajstić information content (AvgIpc) is 2.98. The Morgan fingerprint density at radius 1 is 1.53 bits per heavy atom. The molecule has 0 aliphatic rings. The standard InChI is InChI=1S/C13H15N5O/c1-4-11-12(5-2)18(9(3)16-11)8-13(19)17-10-6-14-15-7-10/h4-7H,1-2,8H2,3H3,(H,14,15)(H,17,19). The Labute approximate surface area is 110 Å². The Morgan fingerprint density at radius 3 is 2.89 bits per heavy atom. The first-order valence-electron chi connectivity index (χ1n) is 5.76. The summed E-state index contributed by atoms with van der Waals surface area (Å²) in [6, 6.07) is 0. The van der Waals surface area contributed by atoms with Crippen molar-refractivity contribution >= 4 is 23.7 Å². The quantitative estimate of drug-likeness (QED) is 0.858. The molecule has 2 aromatic heterocycles. The number of hydrogen-bond acceptors (Lipinski definition) is 3. The summed E-state index contributed by atoms with van der Waals surface area (Å²) in [4.78, 5) is 16.3. The molecule has 0 saturated heterocycles. The second kappa shape index (κ2) is 5.34. The molecule has 2 heterocycles. The minimum atomic E-state index is -0.152. The fourth-order valence-electron chi connectivity index (χ4n) is 1.83. The molecule has 0 aliphatic carbocycles. The number of aromatic amines is 1. The van der Waals surface area contributed by atoms with Crippen LogP contribution in [0.2, 0.25) is 0 Å². The van der Waals surface area contributed by atoms with E-state index in [1.165, 1.54) is 0 Å². The first-order valence-corrected chi connectivity index (χ1v) is 5.76. The monoisotopic (exact) mass is 257 g/mol. The number of aryl methyl sites for hydroxylation is 1. The molecule has 0 radical (unpaired) electrons. The van der Waals surface area contributed by atoms with E-state index in [9.17, 15) is 4.79 Å². The summed E-state index contributed by atoms with van der Waals surface area (Å²) in [5, 5.41) is 9.13. The van der Waals surface area contributed by atoms with E-state index < -0.39 is 0 Å². The summed E-state index contributed by atoms with van der Waals surface area (Å²) in [5.74, 6) is 0.591. The third kappa shape index (κ3) is 2.62. The zero-order valence-electron chi connectivity index (χ0n) is 10.7. The van der Waals surface area contributed by atoms with Crippen molar-refractivity contribution < 1.29 is 4.79 Å². The number of nitrogens with one attached hydrogen (secondary N) is 2. The van der Waals surface area contributed by atoms with Crippen LogP contribution in [0.1, 0.15) is 17.2 Å². The molecule has 0 fully saturated rings. The molecule has 0 unspecified atom stereocenters. The number of anilines is 1. The molecule has 19 heavy (non-hydrogen) atoms. The van der Waals surface area contributed by atoms with E-state index >= 15 is 0 Å². The van der Waals surface area contributed by atoms with Crippen molar-refractivity contribution in [2.45, 2.75) is 13.5 Å². The molecule has 0 saturated carbocycles. The molecule has 2 aromatic rings. The van der Waals surface area contributed by atoms with Crippen LogP contribution in [0.25, 0.3) is 12.2 Å². The Balaban J connectivity index is 2.18. The summed E-state index contributed by atoms with van der Waals surface area (Å²) in [6.07, 6.45) is 6.47. The zero-order valence-corrected chi connectivity index (χ0v) is 10.7. The minimum Gasteiger partial charge on any atom is -0.322 e. The van der Waals surface area contributed by atoms with Gasteiger partial charge in [0.05, 0.1) is 23.3 Å². The molecule has 2 N–H and O–H groups in total. The van der Waals surface area contributed by atoms with Crippen molar-refractivity contribution in [1.82, 2.24) is 19.7 Å². The van der Waals surface area contributed by atoms with Gasteiger partial charge in [0.15, 0.2) is 0 Å². The van der Waals surface area contributed by atoms with Crippen LogP contribution in [0.5, 0.6) is 0 Å². The van der Waals surface area contributed by atoms with Crippen LogP contribution in [0.4, 0.5) is 5.69 Å². The van der Waals surface area contributed by atoms with Gasteiger partial charge in [-0.15, -0.1) is 0 Å². The lowest BCUT2D eigenvalue weighted by molar-refractivity contribution is -0.116. The van der Waals surface area contributed by atoms with E-state index in [2.05, 4.69) is 33.7 Å². The maximum Gasteiger partial charge on any atom is 0.244 e. The third-order valence-electron chi connectivity index (χ3n) is 2.70. The van der Waals surface area contributed by atoms with Crippen LogP contribution in [-0.2, 0) is 11.3 Å². The van der Waals surface area contributed by atoms with Gasteiger partial charge >= 0.3 is 0 Å². The molecular formula is C13H15N5O. The van der Waals surface area contributed by atoms with Crippen LogP contribution in [0.15, 0.2) is 25.6 Å². The summed E-state index contributed by atoms with van der Waals surface area (Å²) in [5.41, 5.74) is 2.14. The number of aromatic nitrogens is 4. The van der Waals surface area contributed by atoms with Gasteiger partial charge in [0.2, 0.25) is 5.91 Å². The first kappa shape index (κ1) is 12.8. The number of H-pyrrole nitrogens is 1. The molecule has 0 aromatic carbocycles. The minimum absolute atomic E-state index is 0.152. The summed E-state index contributed by atoms with van der Waals surface area (Å²) in [7, 11) is 0. The van der Waals surface area contributed by atoms with Gasteiger partial charge in [0.1, 0.15) is 12.4 Å². The topological polar surface area (TPSA) is 75.6 Å². The van der Waals surface area contributed by atoms with Crippen molar-refractivity contribution in [3.63, 3.8) is 0 Å². The van der Waals surface area contributed by atoms with Crippen LogP contribution in [0, 0.1) is 6.92 Å². The van der Waals surface area contributed by atoms with Gasteiger partial charge in [-0.25, -0.2) is 4.98 Å². The highest BCUT2D eigenvalue weighted by Crippen LogP contribution is 2.14. The summed E-state index contributed by atoms with van der Waals surface area (Å²) in [6.45, 7) is 9.44. The van der Waals surface area contributed by atoms with Gasteiger partial charge in [-0.05, 0) is 19.1 Å². The highest BCUT2D eigenvalue weighted by molar-refractivity contribution is 5.90. The molecule has 6 nitrogen and oxygen atoms in total. The number of amides is 1.